The van der Waals surface area contributed by atoms with Crippen molar-refractivity contribution in [3.05, 3.63) is 70.9 Å². The Bertz CT molecular complexity index is 2300. The Morgan fingerprint density at radius 1 is 0.731 bits per heavy atom. The van der Waals surface area contributed by atoms with Crippen molar-refractivity contribution in [3.63, 3.8) is 0 Å². The third kappa shape index (κ3) is 9.39. The van der Waals surface area contributed by atoms with Crippen LogP contribution in [0.25, 0.3) is 11.1 Å². The molecule has 362 valence electrons. The minimum absolute atomic E-state index is 0.0663. The summed E-state index contributed by atoms with van der Waals surface area (Å²) in [5.41, 5.74) is 7.19. The van der Waals surface area contributed by atoms with E-state index in [1.54, 1.807) is 0 Å². The molecule has 11 atom stereocenters. The Labute approximate surface area is 396 Å². The maximum absolute atomic E-state index is 14.6. The first-order valence-corrected chi connectivity index (χ1v) is 25.6. The molecule has 8 aliphatic carbocycles. The van der Waals surface area contributed by atoms with Crippen LogP contribution in [0.2, 0.25) is 0 Å². The molecule has 4 N–H and O–H groups in total. The van der Waals surface area contributed by atoms with E-state index in [0.29, 0.717) is 23.7 Å². The number of rotatable bonds is 10. The highest BCUT2D eigenvalue weighted by molar-refractivity contribution is 5.88. The molecule has 4 amide bonds. The van der Waals surface area contributed by atoms with Crippen molar-refractivity contribution in [3.8, 4) is 0 Å². The standard InChI is InChI=1S/C53H74N8O6/c1-29(2)46(58-52(64)66-6)50(62)60-42-14-10-8-12-35(42)25-44(60)48-54-27-40(56-48)38-24-37-22-31(5)33-19-16-32(17-20-33)18-21-34(38)23-39(37)41-28-55-49(57-41)45-26-36-13-9-11-15-43(36)61(45)51(63)47(30(3)4)59-53(65)67-7/h16-17,19,23,27-31,33,35-37,42-47H,8-15,18,20-22,24-26H2,1-7H3,(H,54,56)(H,55,57)(H,58,64)(H,59,65)/t31-,33-,35?,36?,37+,42?,43?,44+,45+,46+,47+/m1/s1. The van der Waals surface area contributed by atoms with E-state index in [1.807, 2.05) is 40.1 Å². The normalized spacial score (nSPS) is 30.3. The first-order valence-electron chi connectivity index (χ1n) is 25.6. The molecule has 4 fully saturated rings. The summed E-state index contributed by atoms with van der Waals surface area (Å²) in [5, 5.41) is 5.71. The lowest BCUT2D eigenvalue weighted by molar-refractivity contribution is -0.139. The Hall–Kier alpha value is -5.14. The average Bonchev–Trinajstić information content (AvgIpc) is 4.16. The highest BCUT2D eigenvalue weighted by Gasteiger charge is 2.50. The zero-order chi connectivity index (χ0) is 47.1. The van der Waals surface area contributed by atoms with Crippen molar-refractivity contribution in [2.45, 2.75) is 167 Å². The van der Waals surface area contributed by atoms with Gasteiger partial charge in [0.1, 0.15) is 23.7 Å². The van der Waals surface area contributed by atoms with Gasteiger partial charge in [-0.05, 0) is 129 Å². The van der Waals surface area contributed by atoms with Gasteiger partial charge < -0.3 is 39.9 Å². The summed E-state index contributed by atoms with van der Waals surface area (Å²) < 4.78 is 9.92. The topological polar surface area (TPSA) is 175 Å². The van der Waals surface area contributed by atoms with Gasteiger partial charge in [0.2, 0.25) is 11.8 Å². The molecule has 4 unspecified atom stereocenters. The van der Waals surface area contributed by atoms with Gasteiger partial charge in [-0.25, -0.2) is 19.6 Å². The number of H-pyrrole nitrogens is 2. The van der Waals surface area contributed by atoms with Crippen molar-refractivity contribution in [2.75, 3.05) is 14.2 Å². The van der Waals surface area contributed by atoms with Crippen LogP contribution >= 0.6 is 0 Å². The van der Waals surface area contributed by atoms with Gasteiger partial charge in [0.25, 0.3) is 0 Å². The number of alkyl carbamates (subject to hydrolysis) is 2. The minimum Gasteiger partial charge on any atom is -0.453 e. The number of ether oxygens (including phenoxy) is 2. The Balaban J connectivity index is 1.07. The SMILES string of the molecule is COC(=O)N[C@H](C(=O)N1C2CCCCC2C[C@H]1c1ncc(C2=CC3=C(c4cnc([C@@H]5CC6CCCCC6N5C(=O)[C@@H](NC(=O)OC)C(C)C)[nH]4)C[C@@H]2C[C@@H](C)[C@@H]2C=CC(=CC2)CC3)[nH]1)C(C)C. The van der Waals surface area contributed by atoms with Crippen LogP contribution in [0.5, 0.6) is 0 Å². The van der Waals surface area contributed by atoms with Gasteiger partial charge in [-0.1, -0.05) is 90.2 Å². The average molecular weight is 919 g/mol. The number of carbonyl (C=O) groups is 4. The van der Waals surface area contributed by atoms with E-state index in [0.717, 1.165) is 119 Å². The van der Waals surface area contributed by atoms with E-state index in [-0.39, 0.29) is 53.7 Å². The van der Waals surface area contributed by atoms with Crippen LogP contribution in [0.1, 0.15) is 166 Å². The van der Waals surface area contributed by atoms with Crippen LogP contribution in [0.15, 0.2) is 47.8 Å². The van der Waals surface area contributed by atoms with E-state index in [2.05, 4.69) is 61.6 Å². The van der Waals surface area contributed by atoms with E-state index in [4.69, 9.17) is 19.4 Å². The number of nitrogens with one attached hydrogen (secondary N) is 4. The maximum Gasteiger partial charge on any atom is 0.407 e. The molecule has 14 heteroatoms. The number of imidazole rings is 2. The van der Waals surface area contributed by atoms with Crippen LogP contribution in [0.4, 0.5) is 9.59 Å². The summed E-state index contributed by atoms with van der Waals surface area (Å²) in [6.07, 6.45) is 27.4. The quantitative estimate of drug-likeness (QED) is 0.182. The predicted octanol–water partition coefficient (Wildman–Crippen LogP) is 9.74. The smallest absolute Gasteiger partial charge is 0.407 e. The van der Waals surface area contributed by atoms with Gasteiger partial charge in [-0.15, -0.1) is 0 Å². The summed E-state index contributed by atoms with van der Waals surface area (Å²) in [7, 11) is 2.67. The molecule has 2 saturated heterocycles. The highest BCUT2D eigenvalue weighted by atomic mass is 16.5. The fourth-order valence-corrected chi connectivity index (χ4v) is 13.2. The second kappa shape index (κ2) is 19.8. The summed E-state index contributed by atoms with van der Waals surface area (Å²) in [6.45, 7) is 10.3. The lowest BCUT2D eigenvalue weighted by atomic mass is 9.72. The van der Waals surface area contributed by atoms with Crippen LogP contribution in [0.3, 0.4) is 0 Å². The van der Waals surface area contributed by atoms with Crippen molar-refractivity contribution < 1.29 is 28.7 Å². The number of hydrogen-bond acceptors (Lipinski definition) is 8. The molecule has 0 spiro atoms. The molecule has 67 heavy (non-hydrogen) atoms. The zero-order valence-corrected chi connectivity index (χ0v) is 40.8. The van der Waals surface area contributed by atoms with E-state index in [9.17, 15) is 19.2 Å². The van der Waals surface area contributed by atoms with Crippen molar-refractivity contribution in [1.82, 2.24) is 40.4 Å². The number of amides is 4. The van der Waals surface area contributed by atoms with Gasteiger partial charge in [-0.3, -0.25) is 9.59 Å². The Morgan fingerprint density at radius 3 is 1.79 bits per heavy atom. The molecule has 14 nitrogen and oxygen atoms in total. The molecule has 2 saturated carbocycles. The second-order valence-electron chi connectivity index (χ2n) is 21.6. The molecule has 0 radical (unpaired) electrons. The molecule has 4 bridgehead atoms. The van der Waals surface area contributed by atoms with Crippen molar-refractivity contribution in [1.29, 1.82) is 0 Å². The van der Waals surface area contributed by atoms with Crippen molar-refractivity contribution >= 4 is 35.1 Å². The van der Waals surface area contributed by atoms with Gasteiger partial charge in [0, 0.05) is 12.1 Å². The van der Waals surface area contributed by atoms with E-state index >= 15 is 0 Å². The van der Waals surface area contributed by atoms with Crippen molar-refractivity contribution in [2.24, 2.45) is 41.4 Å². The van der Waals surface area contributed by atoms with Gasteiger partial charge in [0.15, 0.2) is 0 Å². The molecule has 2 aromatic rings. The van der Waals surface area contributed by atoms with Gasteiger partial charge in [0.05, 0.1) is 50.1 Å². The predicted molar refractivity (Wildman–Crippen MR) is 257 cm³/mol. The highest BCUT2D eigenvalue weighted by Crippen LogP contribution is 2.50. The number of likely N-dealkylation sites (tertiary alicyclic amines) is 2. The first-order chi connectivity index (χ1) is 32.3. The number of carbonyl (C=O) groups excluding carboxylic acids is 4. The largest absolute Gasteiger partial charge is 0.453 e. The molecular formula is C53H74N8O6. The molecular weight excluding hydrogens is 845 g/mol. The van der Waals surface area contributed by atoms with Crippen LogP contribution < -0.4 is 10.6 Å². The molecule has 4 heterocycles. The first kappa shape index (κ1) is 46.9. The third-order valence-electron chi connectivity index (χ3n) is 16.8. The van der Waals surface area contributed by atoms with E-state index in [1.165, 1.54) is 36.5 Å². The summed E-state index contributed by atoms with van der Waals surface area (Å²) in [4.78, 5) is 76.2. The molecule has 10 aliphatic rings. The number of allylic oxidation sites excluding steroid dienone is 8. The number of aromatic nitrogens is 4. The zero-order valence-electron chi connectivity index (χ0n) is 40.8. The number of methoxy groups -OCH3 is 2. The number of aromatic amines is 2. The molecule has 2 aromatic heterocycles. The van der Waals surface area contributed by atoms with Gasteiger partial charge in [-0.2, -0.15) is 0 Å². The lowest BCUT2D eigenvalue weighted by Crippen LogP contribution is -2.53. The Morgan fingerprint density at radius 2 is 1.27 bits per heavy atom. The number of fused-ring (bicyclic) bond motifs is 2. The number of hydrogen-bond donors (Lipinski definition) is 4. The summed E-state index contributed by atoms with van der Waals surface area (Å²) in [6, 6.07) is -1.63. The maximum atomic E-state index is 14.6. The van der Waals surface area contributed by atoms with Gasteiger partial charge >= 0.3 is 12.2 Å². The molecule has 12 rings (SSSR count). The summed E-state index contributed by atoms with van der Waals surface area (Å²) in [5.74, 6) is 3.10. The summed E-state index contributed by atoms with van der Waals surface area (Å²) >= 11 is 0. The van der Waals surface area contributed by atoms with Crippen LogP contribution in [0, 0.1) is 41.4 Å². The van der Waals surface area contributed by atoms with Crippen LogP contribution in [-0.2, 0) is 19.1 Å². The minimum atomic E-state index is -0.703. The van der Waals surface area contributed by atoms with Crippen LogP contribution in [-0.4, -0.2) is 92.1 Å². The monoisotopic (exact) mass is 919 g/mol. The molecule has 0 aromatic carbocycles. The van der Waals surface area contributed by atoms with E-state index < -0.39 is 24.3 Å². The fourth-order valence-electron chi connectivity index (χ4n) is 13.2. The molecule has 2 aliphatic heterocycles. The number of nitrogens with zero attached hydrogens (tertiary/aromatic N) is 4. The third-order valence-corrected chi connectivity index (χ3v) is 16.8. The fraction of sp³-hybridized carbons (Fsp3) is 0.660. The Kier molecular flexibility index (Phi) is 13.9. The second-order valence-corrected chi connectivity index (χ2v) is 21.6. The lowest BCUT2D eigenvalue weighted by Gasteiger charge is -2.37.